The monoisotopic (exact) mass is 340 g/mol. The van der Waals surface area contributed by atoms with Gasteiger partial charge in [-0.25, -0.2) is 0 Å². The highest BCUT2D eigenvalue weighted by Gasteiger charge is 2.33. The van der Waals surface area contributed by atoms with E-state index < -0.39 is 10.2 Å². The number of nitrogens with zero attached hydrogens (tertiary/aromatic N) is 1. The molecule has 1 aliphatic heterocycles. The predicted octanol–water partition coefficient (Wildman–Crippen LogP) is 2.35. The molecule has 120 valence electrons. The number of hydrogen-bond acceptors (Lipinski definition) is 4. The number of ether oxygens (including phenoxy) is 1. The summed E-state index contributed by atoms with van der Waals surface area (Å²) in [5, 5.41) is 3.19. The molecule has 0 radical (unpaired) electrons. The Morgan fingerprint density at radius 2 is 2.27 bits per heavy atom. The normalized spacial score (nSPS) is 20.0. The summed E-state index contributed by atoms with van der Waals surface area (Å²) >= 11 is 1.69. The lowest BCUT2D eigenvalue weighted by Crippen LogP contribution is -2.44. The Morgan fingerprint density at radius 1 is 1.41 bits per heavy atom. The Morgan fingerprint density at radius 3 is 3.09 bits per heavy atom. The van der Waals surface area contributed by atoms with E-state index >= 15 is 0 Å². The minimum absolute atomic E-state index is 0.0538. The van der Waals surface area contributed by atoms with Crippen molar-refractivity contribution in [3.05, 3.63) is 35.2 Å². The number of methoxy groups -OCH3 is 1. The van der Waals surface area contributed by atoms with Crippen LogP contribution >= 0.6 is 11.3 Å². The van der Waals surface area contributed by atoms with Crippen LogP contribution in [0.5, 0.6) is 0 Å². The quantitative estimate of drug-likeness (QED) is 0.878. The second-order valence-electron chi connectivity index (χ2n) is 5.48. The van der Waals surface area contributed by atoms with Gasteiger partial charge < -0.3 is 4.74 Å². The summed E-state index contributed by atoms with van der Waals surface area (Å²) in [6.07, 6.45) is 1.74. The van der Waals surface area contributed by atoms with Crippen molar-refractivity contribution in [2.24, 2.45) is 0 Å². The van der Waals surface area contributed by atoms with Crippen molar-refractivity contribution in [2.45, 2.75) is 25.4 Å². The van der Waals surface area contributed by atoms with Gasteiger partial charge in [0.05, 0.1) is 6.61 Å². The molecular weight excluding hydrogens is 320 g/mol. The van der Waals surface area contributed by atoms with Crippen LogP contribution < -0.4 is 4.72 Å². The third-order valence-corrected chi connectivity index (χ3v) is 6.47. The van der Waals surface area contributed by atoms with Crippen LogP contribution in [0.2, 0.25) is 0 Å². The minimum atomic E-state index is -3.46. The average molecular weight is 340 g/mol. The Kier molecular flexibility index (Phi) is 4.79. The number of nitrogens with one attached hydrogen (secondary N) is 1. The Hall–Kier alpha value is -0.990. The molecule has 1 fully saturated rings. The molecule has 3 rings (SSSR count). The van der Waals surface area contributed by atoms with Gasteiger partial charge in [0.15, 0.2) is 0 Å². The smallest absolute Gasteiger partial charge is 0.280 e. The zero-order valence-electron chi connectivity index (χ0n) is 12.5. The van der Waals surface area contributed by atoms with Gasteiger partial charge in [0.25, 0.3) is 10.2 Å². The molecule has 0 bridgehead atoms. The summed E-state index contributed by atoms with van der Waals surface area (Å²) in [5.41, 5.74) is 0.969. The third-order valence-electron chi connectivity index (χ3n) is 3.97. The summed E-state index contributed by atoms with van der Waals surface area (Å²) in [6.45, 7) is 1.32. The van der Waals surface area contributed by atoms with E-state index in [9.17, 15) is 8.42 Å². The highest BCUT2D eigenvalue weighted by Crippen LogP contribution is 2.23. The fourth-order valence-electron chi connectivity index (χ4n) is 2.87. The fraction of sp³-hybridized carbons (Fsp3) is 0.467. The first kappa shape index (κ1) is 15.9. The first-order chi connectivity index (χ1) is 10.6. The largest absolute Gasteiger partial charge is 0.383 e. The lowest BCUT2D eigenvalue weighted by molar-refractivity contribution is 0.148. The summed E-state index contributed by atoms with van der Waals surface area (Å²) in [5.74, 6) is 0. The maximum atomic E-state index is 12.5. The Balaban J connectivity index is 1.68. The zero-order valence-corrected chi connectivity index (χ0v) is 14.1. The van der Waals surface area contributed by atoms with E-state index in [2.05, 4.69) is 4.72 Å². The fourth-order valence-corrected chi connectivity index (χ4v) is 5.08. The van der Waals surface area contributed by atoms with Crippen LogP contribution in [0, 0.1) is 0 Å². The van der Waals surface area contributed by atoms with Crippen molar-refractivity contribution in [1.29, 1.82) is 0 Å². The highest BCUT2D eigenvalue weighted by molar-refractivity contribution is 7.87. The maximum absolute atomic E-state index is 12.5. The summed E-state index contributed by atoms with van der Waals surface area (Å²) in [4.78, 5) is 0. The maximum Gasteiger partial charge on any atom is 0.280 e. The summed E-state index contributed by atoms with van der Waals surface area (Å²) in [7, 11) is -1.86. The lowest BCUT2D eigenvalue weighted by atomic mass is 10.2. The molecule has 1 unspecified atom stereocenters. The van der Waals surface area contributed by atoms with Crippen LogP contribution in [-0.2, 0) is 21.5 Å². The number of rotatable bonds is 6. The topological polar surface area (TPSA) is 58.6 Å². The van der Waals surface area contributed by atoms with E-state index in [0.717, 1.165) is 23.8 Å². The van der Waals surface area contributed by atoms with E-state index in [4.69, 9.17) is 4.74 Å². The SMILES string of the molecule is COCC1CCCN1S(=O)(=O)NCc1ccc2sccc2c1. The van der Waals surface area contributed by atoms with Crippen LogP contribution in [0.25, 0.3) is 10.1 Å². The van der Waals surface area contributed by atoms with Crippen molar-refractivity contribution >= 4 is 31.6 Å². The Labute approximate surface area is 135 Å². The molecule has 0 spiro atoms. The minimum Gasteiger partial charge on any atom is -0.383 e. The van der Waals surface area contributed by atoms with Crippen LogP contribution in [-0.4, -0.2) is 39.0 Å². The van der Waals surface area contributed by atoms with E-state index in [0.29, 0.717) is 19.7 Å². The van der Waals surface area contributed by atoms with Gasteiger partial charge in [0.1, 0.15) is 0 Å². The first-order valence-electron chi connectivity index (χ1n) is 7.31. The van der Waals surface area contributed by atoms with Crippen LogP contribution in [0.1, 0.15) is 18.4 Å². The molecule has 1 N–H and O–H groups in total. The van der Waals surface area contributed by atoms with Gasteiger partial charge in [-0.3, -0.25) is 0 Å². The van der Waals surface area contributed by atoms with Crippen LogP contribution in [0.15, 0.2) is 29.6 Å². The van der Waals surface area contributed by atoms with Crippen molar-refractivity contribution in [3.8, 4) is 0 Å². The van der Waals surface area contributed by atoms with Crippen LogP contribution in [0.4, 0.5) is 0 Å². The highest BCUT2D eigenvalue weighted by atomic mass is 32.2. The van der Waals surface area contributed by atoms with Crippen molar-refractivity contribution < 1.29 is 13.2 Å². The lowest BCUT2D eigenvalue weighted by Gasteiger charge is -2.23. The standard InChI is InChI=1S/C15H20N2O3S2/c1-20-11-14-3-2-7-17(14)22(18,19)16-10-12-4-5-15-13(9-12)6-8-21-15/h4-6,8-9,14,16H,2-3,7,10-11H2,1H3. The van der Waals surface area contributed by atoms with E-state index in [-0.39, 0.29) is 6.04 Å². The van der Waals surface area contributed by atoms with Crippen molar-refractivity contribution in [1.82, 2.24) is 9.03 Å². The molecule has 1 saturated heterocycles. The summed E-state index contributed by atoms with van der Waals surface area (Å²) < 4.78 is 35.5. The number of thiophene rings is 1. The molecule has 2 heterocycles. The zero-order chi connectivity index (χ0) is 15.6. The van der Waals surface area contributed by atoms with Gasteiger partial charge in [0.2, 0.25) is 0 Å². The average Bonchev–Trinajstić information content (AvgIpc) is 3.14. The predicted molar refractivity (Wildman–Crippen MR) is 89.2 cm³/mol. The van der Waals surface area contributed by atoms with Gasteiger partial charge in [0, 0.05) is 30.9 Å². The molecule has 5 nitrogen and oxygen atoms in total. The number of benzene rings is 1. The van der Waals surface area contributed by atoms with Crippen molar-refractivity contribution in [3.63, 3.8) is 0 Å². The van der Waals surface area contributed by atoms with Gasteiger partial charge >= 0.3 is 0 Å². The summed E-state index contributed by atoms with van der Waals surface area (Å²) in [6, 6.07) is 8.03. The van der Waals surface area contributed by atoms with E-state index in [1.165, 1.54) is 9.01 Å². The van der Waals surface area contributed by atoms with Gasteiger partial charge in [-0.1, -0.05) is 6.07 Å². The molecule has 22 heavy (non-hydrogen) atoms. The molecule has 1 aromatic carbocycles. The third kappa shape index (κ3) is 3.33. The molecule has 0 aliphatic carbocycles. The molecule has 7 heteroatoms. The second-order valence-corrected chi connectivity index (χ2v) is 8.14. The second kappa shape index (κ2) is 6.64. The molecule has 1 atom stereocenters. The molecule has 1 aromatic heterocycles. The first-order valence-corrected chi connectivity index (χ1v) is 9.63. The van der Waals surface area contributed by atoms with Gasteiger partial charge in [-0.2, -0.15) is 17.4 Å². The number of fused-ring (bicyclic) bond motifs is 1. The van der Waals surface area contributed by atoms with Gasteiger partial charge in [-0.05, 0) is 47.4 Å². The number of hydrogen-bond donors (Lipinski definition) is 1. The van der Waals surface area contributed by atoms with Gasteiger partial charge in [-0.15, -0.1) is 11.3 Å². The molecule has 0 saturated carbocycles. The van der Waals surface area contributed by atoms with E-state index in [1.54, 1.807) is 18.4 Å². The molecule has 2 aromatic rings. The van der Waals surface area contributed by atoms with Crippen LogP contribution in [0.3, 0.4) is 0 Å². The van der Waals surface area contributed by atoms with Crippen molar-refractivity contribution in [2.75, 3.05) is 20.3 Å². The molecule has 1 aliphatic rings. The van der Waals surface area contributed by atoms with E-state index in [1.807, 2.05) is 29.6 Å². The Bertz CT molecular complexity index is 742. The molecular formula is C15H20N2O3S2. The molecule has 0 amide bonds.